The summed E-state index contributed by atoms with van der Waals surface area (Å²) in [5.74, 6) is -1.39. The van der Waals surface area contributed by atoms with Crippen LogP contribution in [-0.4, -0.2) is 67.0 Å². The topological polar surface area (TPSA) is 117 Å². The Kier molecular flexibility index (Phi) is 13.2. The number of hydrogen-bond acceptors (Lipinski definition) is 5. The van der Waals surface area contributed by atoms with Crippen molar-refractivity contribution in [3.63, 3.8) is 0 Å². The Bertz CT molecular complexity index is 1720. The molecule has 3 atom stereocenters. The second-order valence-electron chi connectivity index (χ2n) is 13.6. The Morgan fingerprint density at radius 1 is 0.941 bits per heavy atom. The summed E-state index contributed by atoms with van der Waals surface area (Å²) in [5, 5.41) is 9.53. The van der Waals surface area contributed by atoms with Gasteiger partial charge in [0.05, 0.1) is 0 Å². The van der Waals surface area contributed by atoms with Gasteiger partial charge in [-0.3, -0.25) is 14.4 Å². The number of fused-ring (bicyclic) bond motifs is 3. The van der Waals surface area contributed by atoms with Crippen molar-refractivity contribution in [3.05, 3.63) is 106 Å². The molecule has 1 heterocycles. The number of amides is 4. The lowest BCUT2D eigenvalue weighted by Crippen LogP contribution is -2.57. The second kappa shape index (κ2) is 17.7. The van der Waals surface area contributed by atoms with Crippen LogP contribution < -0.4 is 16.0 Å². The normalized spacial score (nSPS) is 21.0. The van der Waals surface area contributed by atoms with E-state index < -0.39 is 36.0 Å². The Morgan fingerprint density at radius 3 is 2.31 bits per heavy atom. The van der Waals surface area contributed by atoms with Crippen LogP contribution in [0.1, 0.15) is 68.6 Å². The van der Waals surface area contributed by atoms with Crippen LogP contribution in [-0.2, 0) is 25.5 Å². The smallest absolute Gasteiger partial charge is 0.407 e. The predicted octanol–water partition coefficient (Wildman–Crippen LogP) is 7.05. The molecule has 3 aromatic carbocycles. The van der Waals surface area contributed by atoms with E-state index in [0.717, 1.165) is 41.5 Å². The minimum Gasteiger partial charge on any atom is -0.449 e. The first-order valence-electron chi connectivity index (χ1n) is 17.6. The van der Waals surface area contributed by atoms with Gasteiger partial charge in [0.15, 0.2) is 0 Å². The van der Waals surface area contributed by atoms with Gasteiger partial charge in [0, 0.05) is 36.0 Å². The summed E-state index contributed by atoms with van der Waals surface area (Å²) in [4.78, 5) is 56.3. The van der Waals surface area contributed by atoms with Gasteiger partial charge in [-0.25, -0.2) is 4.79 Å². The highest BCUT2D eigenvalue weighted by atomic mass is 35.5. The number of halogens is 2. The maximum absolute atomic E-state index is 14.1. The number of carbonyl (C=O) groups is 4. The minimum absolute atomic E-state index is 0.0290. The molecular formula is C40H46Cl2N4O5. The second-order valence-corrected chi connectivity index (χ2v) is 14.5. The molecule has 0 bridgehead atoms. The van der Waals surface area contributed by atoms with Gasteiger partial charge >= 0.3 is 6.09 Å². The number of ether oxygens (including phenoxy) is 1. The monoisotopic (exact) mass is 732 g/mol. The molecule has 11 heteroatoms. The van der Waals surface area contributed by atoms with Crippen LogP contribution in [0.5, 0.6) is 0 Å². The standard InChI is InChI=1S/C40H46Cl2N4O5/c1-25(2)21-35-39(49)46(3)36(23-26-22-27(41)18-19-33(26)42)38(48)43-20-12-6-4-5-7-17-34(37(47)44-35)45-40(50)51-24-32-30-15-10-8-13-28(30)29-14-9-11-16-31(29)32/h5,7-11,13-16,18-19,22,25,32,34-36H,4,6,12,17,20-21,23-24H2,1-3H3,(H,43,48)(H,44,47)(H,45,50)/b7-5+/t34-,35-,36-/m0/s1. The molecule has 3 N–H and O–H groups in total. The van der Waals surface area contributed by atoms with E-state index >= 15 is 0 Å². The third-order valence-corrected chi connectivity index (χ3v) is 10.1. The van der Waals surface area contributed by atoms with E-state index in [9.17, 15) is 19.2 Å². The molecule has 270 valence electrons. The highest BCUT2D eigenvalue weighted by molar-refractivity contribution is 6.33. The number of alkyl carbamates (subject to hydrolysis) is 1. The number of benzene rings is 3. The van der Waals surface area contributed by atoms with E-state index in [1.54, 1.807) is 25.2 Å². The molecule has 5 rings (SSSR count). The molecule has 9 nitrogen and oxygen atoms in total. The SMILES string of the molecule is CC(C)C[C@@H]1NC(=O)[C@@H](NC(=O)OCC2c3ccccc3-c3ccccc32)C/C=C/CCCCNC(=O)[C@H](Cc2cc(Cl)ccc2Cl)N(C)C1=O. The fourth-order valence-electron chi connectivity index (χ4n) is 6.76. The van der Waals surface area contributed by atoms with Gasteiger partial charge in [-0.15, -0.1) is 0 Å². The van der Waals surface area contributed by atoms with Crippen molar-refractivity contribution in [2.24, 2.45) is 5.92 Å². The van der Waals surface area contributed by atoms with E-state index in [2.05, 4.69) is 28.1 Å². The number of carbonyl (C=O) groups excluding carboxylic acids is 4. The van der Waals surface area contributed by atoms with Crippen LogP contribution in [0.15, 0.2) is 78.9 Å². The van der Waals surface area contributed by atoms with Gasteiger partial charge in [-0.1, -0.05) is 97.7 Å². The van der Waals surface area contributed by atoms with Crippen LogP contribution in [0.25, 0.3) is 11.1 Å². The van der Waals surface area contributed by atoms with Crippen molar-refractivity contribution in [1.82, 2.24) is 20.9 Å². The minimum atomic E-state index is -0.998. The van der Waals surface area contributed by atoms with Gasteiger partial charge in [-0.05, 0) is 84.0 Å². The number of rotatable bonds is 7. The van der Waals surface area contributed by atoms with Crippen molar-refractivity contribution in [3.8, 4) is 11.1 Å². The van der Waals surface area contributed by atoms with Gasteiger partial charge in [0.25, 0.3) is 0 Å². The number of hydrogen-bond donors (Lipinski definition) is 3. The molecule has 0 unspecified atom stereocenters. The van der Waals surface area contributed by atoms with E-state index in [-0.39, 0.29) is 37.2 Å². The summed E-state index contributed by atoms with van der Waals surface area (Å²) in [6.45, 7) is 4.43. The molecule has 0 radical (unpaired) electrons. The summed E-state index contributed by atoms with van der Waals surface area (Å²) >= 11 is 12.7. The van der Waals surface area contributed by atoms with Gasteiger partial charge < -0.3 is 25.6 Å². The summed E-state index contributed by atoms with van der Waals surface area (Å²) < 4.78 is 5.77. The number of nitrogens with zero attached hydrogens (tertiary/aromatic N) is 1. The molecule has 0 spiro atoms. The van der Waals surface area contributed by atoms with Crippen LogP contribution >= 0.6 is 23.2 Å². The first kappa shape index (κ1) is 37.9. The fourth-order valence-corrected chi connectivity index (χ4v) is 7.15. The van der Waals surface area contributed by atoms with E-state index in [1.165, 1.54) is 4.90 Å². The Hall–Kier alpha value is -4.34. The Morgan fingerprint density at radius 2 is 1.63 bits per heavy atom. The van der Waals surface area contributed by atoms with Crippen LogP contribution in [0.2, 0.25) is 10.0 Å². The summed E-state index contributed by atoms with van der Waals surface area (Å²) in [5.41, 5.74) is 5.03. The quantitative estimate of drug-likeness (QED) is 0.225. The fraction of sp³-hybridized carbons (Fsp3) is 0.400. The zero-order valence-corrected chi connectivity index (χ0v) is 30.8. The molecule has 1 aliphatic heterocycles. The van der Waals surface area contributed by atoms with Gasteiger partial charge in [-0.2, -0.15) is 0 Å². The van der Waals surface area contributed by atoms with E-state index in [1.807, 2.05) is 62.4 Å². The number of nitrogens with one attached hydrogen (secondary N) is 3. The zero-order valence-electron chi connectivity index (χ0n) is 29.3. The van der Waals surface area contributed by atoms with Crippen LogP contribution in [0, 0.1) is 5.92 Å². The lowest BCUT2D eigenvalue weighted by atomic mass is 9.98. The van der Waals surface area contributed by atoms with Crippen LogP contribution in [0.4, 0.5) is 4.79 Å². The molecule has 0 aromatic heterocycles. The molecular weight excluding hydrogens is 687 g/mol. The Labute approximate surface area is 310 Å². The molecule has 0 saturated carbocycles. The van der Waals surface area contributed by atoms with Crippen molar-refractivity contribution in [1.29, 1.82) is 0 Å². The summed E-state index contributed by atoms with van der Waals surface area (Å²) in [6.07, 6.45) is 5.99. The van der Waals surface area contributed by atoms with Gasteiger partial charge in [0.1, 0.15) is 24.7 Å². The lowest BCUT2D eigenvalue weighted by Gasteiger charge is -2.32. The van der Waals surface area contributed by atoms with E-state index in [4.69, 9.17) is 27.9 Å². The number of allylic oxidation sites excluding steroid dienone is 1. The molecule has 0 saturated heterocycles. The molecule has 0 fully saturated rings. The average molecular weight is 734 g/mol. The van der Waals surface area contributed by atoms with Gasteiger partial charge in [0.2, 0.25) is 17.7 Å². The molecule has 2 aliphatic rings. The van der Waals surface area contributed by atoms with Crippen molar-refractivity contribution in [2.75, 3.05) is 20.2 Å². The van der Waals surface area contributed by atoms with Crippen molar-refractivity contribution >= 4 is 47.0 Å². The van der Waals surface area contributed by atoms with Crippen molar-refractivity contribution < 1.29 is 23.9 Å². The van der Waals surface area contributed by atoms with Crippen molar-refractivity contribution in [2.45, 2.75) is 76.4 Å². The largest absolute Gasteiger partial charge is 0.449 e. The summed E-state index contributed by atoms with van der Waals surface area (Å²) in [6, 6.07) is 18.3. The third kappa shape index (κ3) is 9.71. The summed E-state index contributed by atoms with van der Waals surface area (Å²) in [7, 11) is 1.56. The highest BCUT2D eigenvalue weighted by Crippen LogP contribution is 2.44. The molecule has 1 aliphatic carbocycles. The van der Waals surface area contributed by atoms with E-state index in [0.29, 0.717) is 28.6 Å². The maximum atomic E-state index is 14.1. The first-order chi connectivity index (χ1) is 24.5. The first-order valence-corrected chi connectivity index (χ1v) is 18.3. The number of likely N-dealkylation sites (N-methyl/N-ethyl adjacent to an activating group) is 1. The molecule has 4 amide bonds. The average Bonchev–Trinajstić information content (AvgIpc) is 3.43. The zero-order chi connectivity index (χ0) is 36.5. The Balaban J connectivity index is 1.34. The maximum Gasteiger partial charge on any atom is 0.407 e. The highest BCUT2D eigenvalue weighted by Gasteiger charge is 2.35. The lowest BCUT2D eigenvalue weighted by molar-refractivity contribution is -0.142. The third-order valence-electron chi connectivity index (χ3n) is 9.45. The molecule has 3 aromatic rings. The predicted molar refractivity (Wildman–Crippen MR) is 201 cm³/mol. The molecule has 51 heavy (non-hydrogen) atoms. The van der Waals surface area contributed by atoms with Crippen LogP contribution in [0.3, 0.4) is 0 Å².